The summed E-state index contributed by atoms with van der Waals surface area (Å²) < 4.78 is 22.9. The Hall–Kier alpha value is -0.460. The van der Waals surface area contributed by atoms with E-state index >= 15 is 0 Å². The predicted molar refractivity (Wildman–Crippen MR) is 67.2 cm³/mol. The fourth-order valence-corrected chi connectivity index (χ4v) is 3.70. The van der Waals surface area contributed by atoms with Crippen LogP contribution in [0, 0.1) is 6.92 Å². The molecular weight excluding hydrogens is 244 g/mol. The van der Waals surface area contributed by atoms with Crippen LogP contribution in [-0.4, -0.2) is 19.2 Å². The number of hydrogen-bond donors (Lipinski definition) is 1. The lowest BCUT2D eigenvalue weighted by molar-refractivity contribution is 0.562. The summed E-state index contributed by atoms with van der Waals surface area (Å²) in [7, 11) is -3.01. The molecule has 0 bridgehead atoms. The molecule has 0 aromatic carbocycles. The zero-order valence-electron chi connectivity index (χ0n) is 10.1. The highest BCUT2D eigenvalue weighted by Crippen LogP contribution is 2.28. The third-order valence-corrected chi connectivity index (χ3v) is 5.48. The fraction of sp³-hybridized carbons (Fsp3) is 0.700. The largest absolute Gasteiger partial charge is 0.321 e. The smallest absolute Gasteiger partial charge is 0.156 e. The molecular formula is C10H18N2O2S2. The molecule has 0 unspecified atom stereocenters. The van der Waals surface area contributed by atoms with Crippen LogP contribution in [0.3, 0.4) is 0 Å². The van der Waals surface area contributed by atoms with Gasteiger partial charge in [0.1, 0.15) is 10.8 Å². The zero-order chi connectivity index (χ0) is 12.6. The lowest BCUT2D eigenvalue weighted by Gasteiger charge is -2.16. The van der Waals surface area contributed by atoms with Crippen LogP contribution in [0.1, 0.15) is 36.3 Å². The first-order valence-corrected chi connectivity index (χ1v) is 7.75. The molecule has 0 aliphatic rings. The molecule has 0 fully saturated rings. The first kappa shape index (κ1) is 13.6. The van der Waals surface area contributed by atoms with Crippen molar-refractivity contribution in [3.05, 3.63) is 15.6 Å². The molecule has 0 amide bonds. The topological polar surface area (TPSA) is 73.0 Å². The highest BCUT2D eigenvalue weighted by atomic mass is 32.2. The number of nitrogens with two attached hydrogens (primary N) is 1. The van der Waals surface area contributed by atoms with Gasteiger partial charge in [-0.25, -0.2) is 13.4 Å². The number of nitrogens with zero attached hydrogens (tertiary/aromatic N) is 1. The maximum absolute atomic E-state index is 11.5. The minimum atomic E-state index is -3.01. The molecule has 1 heterocycles. The molecule has 0 aliphatic heterocycles. The molecule has 1 aromatic rings. The first-order chi connectivity index (χ1) is 7.15. The van der Waals surface area contributed by atoms with E-state index in [4.69, 9.17) is 5.73 Å². The van der Waals surface area contributed by atoms with Gasteiger partial charge >= 0.3 is 0 Å². The molecule has 6 heteroatoms. The molecule has 92 valence electrons. The van der Waals surface area contributed by atoms with Crippen LogP contribution in [0.25, 0.3) is 0 Å². The van der Waals surface area contributed by atoms with Crippen LogP contribution in [0.2, 0.25) is 0 Å². The maximum atomic E-state index is 11.5. The molecule has 1 rings (SSSR count). The number of thiazole rings is 1. The lowest BCUT2D eigenvalue weighted by Crippen LogP contribution is -2.28. The van der Waals surface area contributed by atoms with E-state index in [0.29, 0.717) is 5.01 Å². The van der Waals surface area contributed by atoms with Gasteiger partial charge in [-0.1, -0.05) is 6.92 Å². The lowest BCUT2D eigenvalue weighted by atomic mass is 10.0. The second-order valence-corrected chi connectivity index (χ2v) is 7.86. The number of hydrogen-bond acceptors (Lipinski definition) is 5. The molecule has 1 aromatic heterocycles. The van der Waals surface area contributed by atoms with Crippen LogP contribution >= 0.6 is 11.3 Å². The van der Waals surface area contributed by atoms with Crippen molar-refractivity contribution in [1.29, 1.82) is 0 Å². The van der Waals surface area contributed by atoms with Crippen LogP contribution in [0.4, 0.5) is 0 Å². The SMILES string of the molecule is CCS(=O)(=O)Cc1nc(C)c(C(C)(C)N)s1. The molecule has 4 nitrogen and oxygen atoms in total. The molecule has 0 saturated carbocycles. The summed E-state index contributed by atoms with van der Waals surface area (Å²) in [6.45, 7) is 7.29. The van der Waals surface area contributed by atoms with Crippen molar-refractivity contribution in [2.75, 3.05) is 5.75 Å². The van der Waals surface area contributed by atoms with Crippen molar-refractivity contribution in [2.45, 2.75) is 39.0 Å². The van der Waals surface area contributed by atoms with Gasteiger partial charge in [0.15, 0.2) is 9.84 Å². The van der Waals surface area contributed by atoms with E-state index in [-0.39, 0.29) is 11.5 Å². The number of sulfone groups is 1. The van der Waals surface area contributed by atoms with Crippen LogP contribution in [0.15, 0.2) is 0 Å². The minimum Gasteiger partial charge on any atom is -0.321 e. The van der Waals surface area contributed by atoms with E-state index in [0.717, 1.165) is 10.6 Å². The van der Waals surface area contributed by atoms with Gasteiger partial charge in [-0.3, -0.25) is 0 Å². The van der Waals surface area contributed by atoms with E-state index in [1.54, 1.807) is 6.92 Å². The van der Waals surface area contributed by atoms with Crippen molar-refractivity contribution in [3.8, 4) is 0 Å². The highest BCUT2D eigenvalue weighted by molar-refractivity contribution is 7.90. The van der Waals surface area contributed by atoms with Crippen molar-refractivity contribution in [2.24, 2.45) is 5.73 Å². The van der Waals surface area contributed by atoms with Gasteiger partial charge in [-0.05, 0) is 20.8 Å². The Bertz CT molecular complexity index is 469. The van der Waals surface area contributed by atoms with Gasteiger partial charge < -0.3 is 5.73 Å². The van der Waals surface area contributed by atoms with E-state index < -0.39 is 15.4 Å². The van der Waals surface area contributed by atoms with Crippen molar-refractivity contribution >= 4 is 21.2 Å². The molecule has 16 heavy (non-hydrogen) atoms. The first-order valence-electron chi connectivity index (χ1n) is 5.12. The van der Waals surface area contributed by atoms with Gasteiger partial charge in [-0.2, -0.15) is 0 Å². The molecule has 0 aliphatic carbocycles. The van der Waals surface area contributed by atoms with Crippen LogP contribution in [-0.2, 0) is 21.1 Å². The number of aromatic nitrogens is 1. The maximum Gasteiger partial charge on any atom is 0.156 e. The quantitative estimate of drug-likeness (QED) is 0.894. The average Bonchev–Trinajstić information content (AvgIpc) is 2.45. The van der Waals surface area contributed by atoms with E-state index in [9.17, 15) is 8.42 Å². The normalized spacial score (nSPS) is 13.1. The van der Waals surface area contributed by atoms with Gasteiger partial charge in [0.05, 0.1) is 5.69 Å². The van der Waals surface area contributed by atoms with Gasteiger partial charge in [0, 0.05) is 16.2 Å². The second-order valence-electron chi connectivity index (χ2n) is 4.42. The standard InChI is InChI=1S/C10H18N2O2S2/c1-5-16(13,14)6-8-12-7(2)9(15-8)10(3,4)11/h5-6,11H2,1-4H3. The summed E-state index contributed by atoms with van der Waals surface area (Å²) in [6, 6.07) is 0. The predicted octanol–water partition coefficient (Wildman–Crippen LogP) is 1.58. The van der Waals surface area contributed by atoms with E-state index in [1.165, 1.54) is 11.3 Å². The Labute approximate surface area is 101 Å². The third kappa shape index (κ3) is 3.26. The summed E-state index contributed by atoms with van der Waals surface area (Å²) in [4.78, 5) is 5.22. The van der Waals surface area contributed by atoms with E-state index in [2.05, 4.69) is 4.98 Å². The van der Waals surface area contributed by atoms with Crippen molar-refractivity contribution in [1.82, 2.24) is 4.98 Å². The Morgan fingerprint density at radius 1 is 1.44 bits per heavy atom. The Balaban J connectivity index is 3.03. The monoisotopic (exact) mass is 262 g/mol. The third-order valence-electron chi connectivity index (χ3n) is 2.21. The van der Waals surface area contributed by atoms with Gasteiger partial charge in [0.2, 0.25) is 0 Å². The number of aryl methyl sites for hydroxylation is 1. The molecule has 0 spiro atoms. The molecule has 0 radical (unpaired) electrons. The summed E-state index contributed by atoms with van der Waals surface area (Å²) >= 11 is 1.39. The highest BCUT2D eigenvalue weighted by Gasteiger charge is 2.22. The van der Waals surface area contributed by atoms with Crippen molar-refractivity contribution < 1.29 is 8.42 Å². The average molecular weight is 262 g/mol. The van der Waals surface area contributed by atoms with Crippen molar-refractivity contribution in [3.63, 3.8) is 0 Å². The molecule has 2 N–H and O–H groups in total. The Kier molecular flexibility index (Phi) is 3.76. The zero-order valence-corrected chi connectivity index (χ0v) is 11.7. The Morgan fingerprint density at radius 3 is 2.38 bits per heavy atom. The minimum absolute atomic E-state index is 0.0189. The summed E-state index contributed by atoms with van der Waals surface area (Å²) in [5.41, 5.74) is 6.36. The van der Waals surface area contributed by atoms with Crippen LogP contribution in [0.5, 0.6) is 0 Å². The molecule has 0 saturated heterocycles. The summed E-state index contributed by atoms with van der Waals surface area (Å²) in [6.07, 6.45) is 0. The fourth-order valence-electron chi connectivity index (χ4n) is 1.40. The van der Waals surface area contributed by atoms with Crippen LogP contribution < -0.4 is 5.73 Å². The molecule has 0 atom stereocenters. The van der Waals surface area contributed by atoms with E-state index in [1.807, 2.05) is 20.8 Å². The summed E-state index contributed by atoms with van der Waals surface area (Å²) in [5.74, 6) is 0.165. The number of rotatable bonds is 4. The summed E-state index contributed by atoms with van der Waals surface area (Å²) in [5, 5.41) is 0.632. The second kappa shape index (κ2) is 4.43. The van der Waals surface area contributed by atoms with Gasteiger partial charge in [-0.15, -0.1) is 11.3 Å². The van der Waals surface area contributed by atoms with Gasteiger partial charge in [0.25, 0.3) is 0 Å². The Morgan fingerprint density at radius 2 is 2.00 bits per heavy atom.